The number of rotatable bonds is 2. The molecule has 0 radical (unpaired) electrons. The van der Waals surface area contributed by atoms with E-state index in [0.717, 1.165) is 19.6 Å². The highest BCUT2D eigenvalue weighted by Crippen LogP contribution is 2.25. The van der Waals surface area contributed by atoms with Crippen LogP contribution in [-0.2, 0) is 19.0 Å². The molecule has 0 saturated carbocycles. The van der Waals surface area contributed by atoms with Gasteiger partial charge in [0.2, 0.25) is 0 Å². The van der Waals surface area contributed by atoms with Crippen molar-refractivity contribution in [3.05, 3.63) is 17.5 Å². The highest BCUT2D eigenvalue weighted by atomic mass is 15.3. The number of hydrogen-bond donors (Lipinski definition) is 1. The molecular weight excluding hydrogens is 200 g/mol. The predicted octanol–water partition coefficient (Wildman–Crippen LogP) is 0.861. The van der Waals surface area contributed by atoms with E-state index in [1.807, 2.05) is 11.7 Å². The Labute approximate surface area is 97.4 Å². The Morgan fingerprint density at radius 1 is 1.44 bits per heavy atom. The number of aryl methyl sites for hydroxylation is 1. The van der Waals surface area contributed by atoms with Gasteiger partial charge in [-0.25, -0.2) is 0 Å². The Bertz CT molecular complexity index is 369. The molecule has 2 rings (SSSR count). The van der Waals surface area contributed by atoms with Crippen LogP contribution in [0.5, 0.6) is 0 Å². The lowest BCUT2D eigenvalue weighted by Gasteiger charge is -2.37. The fourth-order valence-corrected chi connectivity index (χ4v) is 2.26. The minimum Gasteiger partial charge on any atom is -0.325 e. The molecule has 4 heteroatoms. The molecular formula is C12H22N4. The van der Waals surface area contributed by atoms with E-state index in [1.54, 1.807) is 0 Å². The largest absolute Gasteiger partial charge is 0.325 e. The third-order valence-electron chi connectivity index (χ3n) is 2.99. The van der Waals surface area contributed by atoms with Crippen LogP contribution in [0.25, 0.3) is 0 Å². The maximum atomic E-state index is 5.79. The van der Waals surface area contributed by atoms with E-state index in [9.17, 15) is 0 Å². The molecule has 0 aliphatic carbocycles. The zero-order chi connectivity index (χ0) is 11.9. The van der Waals surface area contributed by atoms with E-state index in [1.165, 1.54) is 11.3 Å². The van der Waals surface area contributed by atoms with E-state index in [-0.39, 0.29) is 5.41 Å². The van der Waals surface area contributed by atoms with Crippen LogP contribution >= 0.6 is 0 Å². The van der Waals surface area contributed by atoms with Crippen molar-refractivity contribution in [1.82, 2.24) is 14.7 Å². The van der Waals surface area contributed by atoms with Crippen LogP contribution in [0.15, 0.2) is 6.20 Å². The summed E-state index contributed by atoms with van der Waals surface area (Å²) in [5.41, 5.74) is 8.44. The number of nitrogens with two attached hydrogens (primary N) is 1. The molecule has 1 fully saturated rings. The van der Waals surface area contributed by atoms with Gasteiger partial charge in [-0.05, 0) is 0 Å². The lowest BCUT2D eigenvalue weighted by molar-refractivity contribution is 0.141. The lowest BCUT2D eigenvalue weighted by atomic mass is 9.89. The van der Waals surface area contributed by atoms with Gasteiger partial charge in [0, 0.05) is 49.9 Å². The number of likely N-dealkylation sites (tertiary alicyclic amines) is 1. The molecule has 0 unspecified atom stereocenters. The number of aromatic nitrogens is 2. The molecule has 4 nitrogen and oxygen atoms in total. The molecule has 16 heavy (non-hydrogen) atoms. The summed E-state index contributed by atoms with van der Waals surface area (Å²) in [4.78, 5) is 2.37. The molecule has 1 aliphatic rings. The molecule has 0 aromatic carbocycles. The van der Waals surface area contributed by atoms with E-state index in [0.29, 0.717) is 6.04 Å². The summed E-state index contributed by atoms with van der Waals surface area (Å²) in [6.07, 6.45) is 2.13. The van der Waals surface area contributed by atoms with Crippen molar-refractivity contribution >= 4 is 0 Å². The summed E-state index contributed by atoms with van der Waals surface area (Å²) >= 11 is 0. The third kappa shape index (κ3) is 2.28. The molecule has 1 aromatic heterocycles. The fourth-order valence-electron chi connectivity index (χ4n) is 2.26. The third-order valence-corrected chi connectivity index (χ3v) is 2.99. The normalized spacial score (nSPS) is 18.8. The van der Waals surface area contributed by atoms with Crippen LogP contribution in [0.2, 0.25) is 0 Å². The van der Waals surface area contributed by atoms with Gasteiger partial charge in [-0.15, -0.1) is 0 Å². The fraction of sp³-hybridized carbons (Fsp3) is 0.750. The van der Waals surface area contributed by atoms with Crippen LogP contribution < -0.4 is 5.73 Å². The second-order valence-electron chi connectivity index (χ2n) is 5.88. The maximum absolute atomic E-state index is 5.79. The Hall–Kier alpha value is -0.870. The van der Waals surface area contributed by atoms with Gasteiger partial charge >= 0.3 is 0 Å². The molecule has 1 aliphatic heterocycles. The zero-order valence-electron chi connectivity index (χ0n) is 10.7. The summed E-state index contributed by atoms with van der Waals surface area (Å²) in [6.45, 7) is 9.63. The summed E-state index contributed by atoms with van der Waals surface area (Å²) in [5, 5.41) is 4.57. The summed E-state index contributed by atoms with van der Waals surface area (Å²) in [5.74, 6) is 0. The van der Waals surface area contributed by atoms with Crippen molar-refractivity contribution < 1.29 is 0 Å². The first kappa shape index (κ1) is 11.6. The molecule has 90 valence electrons. The second-order valence-corrected chi connectivity index (χ2v) is 5.88. The van der Waals surface area contributed by atoms with Crippen LogP contribution in [-0.4, -0.2) is 33.8 Å². The van der Waals surface area contributed by atoms with E-state index in [4.69, 9.17) is 5.73 Å². The topological polar surface area (TPSA) is 47.1 Å². The van der Waals surface area contributed by atoms with Gasteiger partial charge < -0.3 is 5.73 Å². The van der Waals surface area contributed by atoms with Crippen LogP contribution in [0.1, 0.15) is 32.0 Å². The minimum absolute atomic E-state index is 0.115. The summed E-state index contributed by atoms with van der Waals surface area (Å²) in [7, 11) is 1.99. The monoisotopic (exact) mass is 222 g/mol. The van der Waals surface area contributed by atoms with Crippen molar-refractivity contribution in [2.24, 2.45) is 12.8 Å². The first-order chi connectivity index (χ1) is 7.36. The van der Waals surface area contributed by atoms with Crippen LogP contribution in [0.3, 0.4) is 0 Å². The lowest BCUT2D eigenvalue weighted by Crippen LogP contribution is -2.55. The Kier molecular flexibility index (Phi) is 2.80. The van der Waals surface area contributed by atoms with Crippen molar-refractivity contribution in [3.8, 4) is 0 Å². The van der Waals surface area contributed by atoms with Crippen molar-refractivity contribution in [2.45, 2.75) is 38.8 Å². The molecule has 0 atom stereocenters. The highest BCUT2D eigenvalue weighted by Gasteiger charge is 2.27. The first-order valence-electron chi connectivity index (χ1n) is 5.87. The smallest absolute Gasteiger partial charge is 0.0722 e. The Morgan fingerprint density at radius 2 is 2.06 bits per heavy atom. The summed E-state index contributed by atoms with van der Waals surface area (Å²) in [6, 6.07) is 0.370. The first-order valence-corrected chi connectivity index (χ1v) is 5.87. The Morgan fingerprint density at radius 3 is 2.56 bits per heavy atom. The average Bonchev–Trinajstić information content (AvgIpc) is 2.43. The van der Waals surface area contributed by atoms with Gasteiger partial charge in [-0.2, -0.15) is 5.10 Å². The van der Waals surface area contributed by atoms with Gasteiger partial charge in [0.15, 0.2) is 0 Å². The molecule has 0 bridgehead atoms. The standard InChI is InChI=1S/C12H22N4/c1-12(2,3)11-9(5-15(4)14-11)6-16-7-10(13)8-16/h5,10H,6-8,13H2,1-4H3. The van der Waals surface area contributed by atoms with Gasteiger partial charge in [-0.3, -0.25) is 9.58 Å². The SMILES string of the molecule is Cn1cc(CN2CC(N)C2)c(C(C)(C)C)n1. The molecule has 2 heterocycles. The minimum atomic E-state index is 0.115. The quantitative estimate of drug-likeness (QED) is 0.807. The van der Waals surface area contributed by atoms with Gasteiger partial charge in [0.05, 0.1) is 5.69 Å². The number of nitrogens with zero attached hydrogens (tertiary/aromatic N) is 3. The predicted molar refractivity (Wildman–Crippen MR) is 65.2 cm³/mol. The van der Waals surface area contributed by atoms with Gasteiger partial charge in [-0.1, -0.05) is 20.8 Å². The Balaban J connectivity index is 2.14. The van der Waals surface area contributed by atoms with E-state index in [2.05, 4.69) is 37.0 Å². The highest BCUT2D eigenvalue weighted by molar-refractivity contribution is 5.24. The van der Waals surface area contributed by atoms with Crippen LogP contribution in [0, 0.1) is 0 Å². The maximum Gasteiger partial charge on any atom is 0.0722 e. The molecule has 1 saturated heterocycles. The van der Waals surface area contributed by atoms with E-state index < -0.39 is 0 Å². The summed E-state index contributed by atoms with van der Waals surface area (Å²) < 4.78 is 1.91. The van der Waals surface area contributed by atoms with Gasteiger partial charge in [0.1, 0.15) is 0 Å². The van der Waals surface area contributed by atoms with Crippen LogP contribution in [0.4, 0.5) is 0 Å². The van der Waals surface area contributed by atoms with Crippen molar-refractivity contribution in [3.63, 3.8) is 0 Å². The van der Waals surface area contributed by atoms with Crippen molar-refractivity contribution in [1.29, 1.82) is 0 Å². The zero-order valence-corrected chi connectivity index (χ0v) is 10.7. The molecule has 2 N–H and O–H groups in total. The molecule has 0 amide bonds. The van der Waals surface area contributed by atoms with E-state index >= 15 is 0 Å². The average molecular weight is 222 g/mol. The second kappa shape index (κ2) is 3.86. The van der Waals surface area contributed by atoms with Gasteiger partial charge in [0.25, 0.3) is 0 Å². The van der Waals surface area contributed by atoms with Crippen molar-refractivity contribution in [2.75, 3.05) is 13.1 Å². The number of hydrogen-bond acceptors (Lipinski definition) is 3. The molecule has 0 spiro atoms. The molecule has 1 aromatic rings.